The van der Waals surface area contributed by atoms with Gasteiger partial charge in [-0.05, 0) is 37.8 Å². The Balaban J connectivity index is 1.75. The standard InChI is InChI=1S/C21H33FN4O3S/c1-2-15-30(28,29)26-13-11-25(12-14-26)21(10-6-9-18(22)16-21)20(23)24-19(27)17-7-4-3-5-8-17/h3-5,7-8,18,20H,2,6,9-16,23H2,1H3,(H,24,27). The molecule has 0 bridgehead atoms. The second-order valence-corrected chi connectivity index (χ2v) is 10.4. The van der Waals surface area contributed by atoms with Gasteiger partial charge in [-0.3, -0.25) is 9.69 Å². The van der Waals surface area contributed by atoms with Crippen LogP contribution < -0.4 is 11.1 Å². The second-order valence-electron chi connectivity index (χ2n) is 8.32. The average molecular weight is 441 g/mol. The van der Waals surface area contributed by atoms with Crippen LogP contribution in [0.3, 0.4) is 0 Å². The molecule has 1 aromatic carbocycles. The summed E-state index contributed by atoms with van der Waals surface area (Å²) < 4.78 is 40.8. The number of hydrogen-bond donors (Lipinski definition) is 2. The first-order valence-corrected chi connectivity index (χ1v) is 12.4. The molecule has 1 aliphatic heterocycles. The van der Waals surface area contributed by atoms with Gasteiger partial charge in [-0.25, -0.2) is 12.8 Å². The number of nitrogens with two attached hydrogens (primary N) is 1. The van der Waals surface area contributed by atoms with Crippen molar-refractivity contribution in [1.82, 2.24) is 14.5 Å². The lowest BCUT2D eigenvalue weighted by Gasteiger charge is -2.52. The Labute approximate surface area is 178 Å². The van der Waals surface area contributed by atoms with Gasteiger partial charge in [0.15, 0.2) is 0 Å². The number of nitrogens with zero attached hydrogens (tertiary/aromatic N) is 2. The fourth-order valence-corrected chi connectivity index (χ4v) is 6.22. The Morgan fingerprint density at radius 2 is 1.93 bits per heavy atom. The largest absolute Gasteiger partial charge is 0.335 e. The number of carbonyl (C=O) groups is 1. The molecule has 9 heteroatoms. The molecule has 1 saturated heterocycles. The summed E-state index contributed by atoms with van der Waals surface area (Å²) in [5.74, 6) is -0.148. The van der Waals surface area contributed by atoms with Crippen molar-refractivity contribution in [2.45, 2.75) is 56.9 Å². The zero-order valence-electron chi connectivity index (χ0n) is 17.6. The minimum atomic E-state index is -3.26. The van der Waals surface area contributed by atoms with Crippen molar-refractivity contribution in [1.29, 1.82) is 0 Å². The number of piperazine rings is 1. The van der Waals surface area contributed by atoms with Crippen molar-refractivity contribution in [2.24, 2.45) is 5.73 Å². The number of halogens is 1. The van der Waals surface area contributed by atoms with Crippen molar-refractivity contribution in [3.8, 4) is 0 Å². The van der Waals surface area contributed by atoms with Crippen molar-refractivity contribution < 1.29 is 17.6 Å². The van der Waals surface area contributed by atoms with E-state index in [9.17, 15) is 17.6 Å². The lowest BCUT2D eigenvalue weighted by atomic mass is 9.76. The fourth-order valence-electron chi connectivity index (χ4n) is 4.73. The van der Waals surface area contributed by atoms with Gasteiger partial charge in [0, 0.05) is 38.2 Å². The lowest BCUT2D eigenvalue weighted by Crippen LogP contribution is -2.70. The SMILES string of the molecule is CCCS(=O)(=O)N1CCN(C2(C(N)NC(=O)c3ccccc3)CCCC(F)C2)CC1. The molecule has 3 N–H and O–H groups in total. The normalized spacial score (nSPS) is 27.5. The van der Waals surface area contributed by atoms with E-state index < -0.39 is 27.9 Å². The number of hydrogen-bond acceptors (Lipinski definition) is 5. The third-order valence-electron chi connectivity index (χ3n) is 6.33. The van der Waals surface area contributed by atoms with Crippen LogP contribution in [0, 0.1) is 0 Å². The number of benzene rings is 1. The summed E-state index contributed by atoms with van der Waals surface area (Å²) >= 11 is 0. The van der Waals surface area contributed by atoms with Crippen LogP contribution in [-0.2, 0) is 10.0 Å². The van der Waals surface area contributed by atoms with E-state index in [0.29, 0.717) is 57.4 Å². The number of amides is 1. The number of nitrogens with one attached hydrogen (secondary N) is 1. The Bertz CT molecular complexity index is 815. The van der Waals surface area contributed by atoms with Gasteiger partial charge in [-0.1, -0.05) is 25.1 Å². The van der Waals surface area contributed by atoms with Gasteiger partial charge in [-0.15, -0.1) is 0 Å². The summed E-state index contributed by atoms with van der Waals surface area (Å²) in [6, 6.07) is 8.82. The van der Waals surface area contributed by atoms with Gasteiger partial charge in [0.05, 0.1) is 17.5 Å². The lowest BCUT2D eigenvalue weighted by molar-refractivity contribution is -0.0233. The molecule has 2 fully saturated rings. The predicted molar refractivity (Wildman–Crippen MR) is 115 cm³/mol. The third-order valence-corrected chi connectivity index (χ3v) is 8.40. The molecule has 3 rings (SSSR count). The molecular weight excluding hydrogens is 407 g/mol. The van der Waals surface area contributed by atoms with Crippen LogP contribution in [0.4, 0.5) is 4.39 Å². The van der Waals surface area contributed by atoms with Gasteiger partial charge < -0.3 is 11.1 Å². The first-order chi connectivity index (χ1) is 14.3. The van der Waals surface area contributed by atoms with E-state index in [1.807, 2.05) is 13.0 Å². The maximum Gasteiger partial charge on any atom is 0.252 e. The topological polar surface area (TPSA) is 95.7 Å². The van der Waals surface area contributed by atoms with Crippen LogP contribution in [0.25, 0.3) is 0 Å². The van der Waals surface area contributed by atoms with Gasteiger partial charge in [0.1, 0.15) is 6.17 Å². The molecule has 3 atom stereocenters. The molecule has 2 aliphatic rings. The molecule has 3 unspecified atom stereocenters. The molecule has 1 heterocycles. The smallest absolute Gasteiger partial charge is 0.252 e. The molecule has 0 radical (unpaired) electrons. The molecule has 0 aromatic heterocycles. The summed E-state index contributed by atoms with van der Waals surface area (Å²) in [4.78, 5) is 14.8. The van der Waals surface area contributed by atoms with E-state index in [4.69, 9.17) is 5.73 Å². The minimum absolute atomic E-state index is 0.136. The average Bonchev–Trinajstić information content (AvgIpc) is 2.74. The molecule has 30 heavy (non-hydrogen) atoms. The molecular formula is C21H33FN4O3S. The van der Waals surface area contributed by atoms with E-state index in [0.717, 1.165) is 0 Å². The molecule has 1 saturated carbocycles. The highest BCUT2D eigenvalue weighted by Gasteiger charge is 2.48. The van der Waals surface area contributed by atoms with E-state index >= 15 is 0 Å². The first kappa shape index (κ1) is 23.1. The van der Waals surface area contributed by atoms with Gasteiger partial charge in [-0.2, -0.15) is 4.31 Å². The van der Waals surface area contributed by atoms with Crippen LogP contribution in [0.15, 0.2) is 30.3 Å². The van der Waals surface area contributed by atoms with E-state index in [2.05, 4.69) is 10.2 Å². The van der Waals surface area contributed by atoms with Crippen LogP contribution in [0.2, 0.25) is 0 Å². The summed E-state index contributed by atoms with van der Waals surface area (Å²) in [7, 11) is -3.26. The predicted octanol–water partition coefficient (Wildman–Crippen LogP) is 1.71. The van der Waals surface area contributed by atoms with Crippen LogP contribution in [0.1, 0.15) is 49.4 Å². The highest BCUT2D eigenvalue weighted by atomic mass is 32.2. The zero-order chi connectivity index (χ0) is 21.8. The molecule has 1 amide bonds. The second kappa shape index (κ2) is 9.72. The Morgan fingerprint density at radius 1 is 1.27 bits per heavy atom. The first-order valence-electron chi connectivity index (χ1n) is 10.8. The zero-order valence-corrected chi connectivity index (χ0v) is 18.4. The van der Waals surface area contributed by atoms with Crippen LogP contribution in [-0.4, -0.2) is 73.3 Å². The van der Waals surface area contributed by atoms with Gasteiger partial charge in [0.2, 0.25) is 10.0 Å². The van der Waals surface area contributed by atoms with Crippen LogP contribution >= 0.6 is 0 Å². The molecule has 1 aromatic rings. The highest BCUT2D eigenvalue weighted by molar-refractivity contribution is 7.89. The highest BCUT2D eigenvalue weighted by Crippen LogP contribution is 2.37. The van der Waals surface area contributed by atoms with E-state index in [1.54, 1.807) is 24.3 Å². The molecule has 7 nitrogen and oxygen atoms in total. The third kappa shape index (κ3) is 5.01. The van der Waals surface area contributed by atoms with Crippen molar-refractivity contribution >= 4 is 15.9 Å². The summed E-state index contributed by atoms with van der Waals surface area (Å²) in [5, 5.41) is 2.88. The molecule has 0 spiro atoms. The molecule has 1 aliphatic carbocycles. The Hall–Kier alpha value is -1.55. The van der Waals surface area contributed by atoms with Crippen molar-refractivity contribution in [3.63, 3.8) is 0 Å². The molecule has 168 valence electrons. The van der Waals surface area contributed by atoms with Crippen LogP contribution in [0.5, 0.6) is 0 Å². The number of carbonyl (C=O) groups excluding carboxylic acids is 1. The van der Waals surface area contributed by atoms with E-state index in [-0.39, 0.29) is 18.1 Å². The Morgan fingerprint density at radius 3 is 2.53 bits per heavy atom. The summed E-state index contributed by atoms with van der Waals surface area (Å²) in [6.45, 7) is 3.52. The van der Waals surface area contributed by atoms with Crippen molar-refractivity contribution in [3.05, 3.63) is 35.9 Å². The monoisotopic (exact) mass is 440 g/mol. The number of rotatable bonds is 7. The maximum absolute atomic E-state index is 14.5. The van der Waals surface area contributed by atoms with Gasteiger partial charge in [0.25, 0.3) is 5.91 Å². The van der Waals surface area contributed by atoms with Crippen molar-refractivity contribution in [2.75, 3.05) is 31.9 Å². The number of alkyl halides is 1. The Kier molecular flexibility index (Phi) is 7.49. The minimum Gasteiger partial charge on any atom is -0.335 e. The maximum atomic E-state index is 14.5. The summed E-state index contributed by atoms with van der Waals surface area (Å²) in [5.41, 5.74) is 6.30. The summed E-state index contributed by atoms with van der Waals surface area (Å²) in [6.07, 6.45) is 0.932. The fraction of sp³-hybridized carbons (Fsp3) is 0.667. The van der Waals surface area contributed by atoms with E-state index in [1.165, 1.54) is 4.31 Å². The van der Waals surface area contributed by atoms with Gasteiger partial charge >= 0.3 is 0 Å². The number of sulfonamides is 1. The quantitative estimate of drug-likeness (QED) is 0.630.